The van der Waals surface area contributed by atoms with Crippen molar-refractivity contribution >= 4 is 6.09 Å². The standard InChI is InChI=1S/C17H31NO7/c1-15(2,3)25-14(20)18-10(8-19)12-13(24-17(6,7)23-12)11-9-21-16(4,5)22-11/h10-13,19H,8-9H2,1-7H3,(H,18,20)/t10-,11-,12-,13-/m1/s1. The maximum Gasteiger partial charge on any atom is 0.408 e. The second kappa shape index (κ2) is 7.00. The molecule has 0 aromatic rings. The van der Waals surface area contributed by atoms with E-state index in [1.54, 1.807) is 34.6 Å². The Morgan fingerprint density at radius 2 is 1.84 bits per heavy atom. The van der Waals surface area contributed by atoms with E-state index in [0.717, 1.165) is 0 Å². The van der Waals surface area contributed by atoms with Crippen molar-refractivity contribution in [1.29, 1.82) is 0 Å². The van der Waals surface area contributed by atoms with Crippen LogP contribution >= 0.6 is 0 Å². The molecule has 0 aliphatic carbocycles. The van der Waals surface area contributed by atoms with E-state index in [-0.39, 0.29) is 12.7 Å². The molecule has 2 aliphatic rings. The first-order valence-corrected chi connectivity index (χ1v) is 8.60. The number of aliphatic hydroxyl groups is 1. The number of alkyl carbamates (subject to hydrolysis) is 1. The molecule has 2 saturated heterocycles. The Labute approximate surface area is 149 Å². The quantitative estimate of drug-likeness (QED) is 0.784. The van der Waals surface area contributed by atoms with Crippen molar-refractivity contribution in [1.82, 2.24) is 5.32 Å². The zero-order valence-electron chi connectivity index (χ0n) is 16.1. The summed E-state index contributed by atoms with van der Waals surface area (Å²) in [4.78, 5) is 12.1. The van der Waals surface area contributed by atoms with Crippen molar-refractivity contribution < 1.29 is 33.6 Å². The molecule has 0 aromatic carbocycles. The normalized spacial score (nSPS) is 32.4. The first-order chi connectivity index (χ1) is 11.3. The highest BCUT2D eigenvalue weighted by Gasteiger charge is 2.52. The van der Waals surface area contributed by atoms with Gasteiger partial charge in [-0.15, -0.1) is 0 Å². The number of rotatable bonds is 4. The number of nitrogens with one attached hydrogen (secondary N) is 1. The van der Waals surface area contributed by atoms with Crippen molar-refractivity contribution in [2.45, 2.75) is 90.0 Å². The second-order valence-electron chi connectivity index (χ2n) is 8.37. The van der Waals surface area contributed by atoms with Crippen molar-refractivity contribution in [2.24, 2.45) is 0 Å². The minimum atomic E-state index is -0.867. The molecule has 0 unspecified atom stereocenters. The minimum absolute atomic E-state index is 0.323. The van der Waals surface area contributed by atoms with Crippen LogP contribution in [0, 0.1) is 0 Å². The van der Waals surface area contributed by atoms with Crippen LogP contribution in [-0.2, 0) is 23.7 Å². The van der Waals surface area contributed by atoms with Crippen molar-refractivity contribution in [3.05, 3.63) is 0 Å². The Bertz CT molecular complexity index is 486. The third-order valence-corrected chi connectivity index (χ3v) is 3.86. The fourth-order valence-corrected chi connectivity index (χ4v) is 2.98. The van der Waals surface area contributed by atoms with Gasteiger partial charge in [0, 0.05) is 0 Å². The Balaban J connectivity index is 2.10. The van der Waals surface area contributed by atoms with E-state index >= 15 is 0 Å². The van der Waals surface area contributed by atoms with E-state index in [1.165, 1.54) is 0 Å². The van der Waals surface area contributed by atoms with Gasteiger partial charge in [0.05, 0.1) is 19.3 Å². The zero-order valence-corrected chi connectivity index (χ0v) is 16.1. The van der Waals surface area contributed by atoms with E-state index in [9.17, 15) is 9.90 Å². The van der Waals surface area contributed by atoms with Crippen molar-refractivity contribution in [3.8, 4) is 0 Å². The van der Waals surface area contributed by atoms with E-state index < -0.39 is 41.5 Å². The minimum Gasteiger partial charge on any atom is -0.444 e. The molecule has 2 rings (SSSR count). The Hall–Kier alpha value is -0.930. The van der Waals surface area contributed by atoms with Gasteiger partial charge in [0.1, 0.15) is 23.9 Å². The van der Waals surface area contributed by atoms with Gasteiger partial charge in [-0.05, 0) is 48.5 Å². The molecule has 0 spiro atoms. The van der Waals surface area contributed by atoms with Gasteiger partial charge in [-0.25, -0.2) is 4.79 Å². The predicted octanol–water partition coefficient (Wildman–Crippen LogP) is 1.54. The molecular formula is C17H31NO7. The van der Waals surface area contributed by atoms with Gasteiger partial charge < -0.3 is 34.1 Å². The van der Waals surface area contributed by atoms with Gasteiger partial charge in [0.15, 0.2) is 11.6 Å². The van der Waals surface area contributed by atoms with Crippen molar-refractivity contribution in [3.63, 3.8) is 0 Å². The average Bonchev–Trinajstić information content (AvgIpc) is 2.93. The third-order valence-electron chi connectivity index (χ3n) is 3.86. The molecule has 0 bridgehead atoms. The number of carbonyl (C=O) groups is 1. The lowest BCUT2D eigenvalue weighted by atomic mass is 10.0. The molecule has 2 N–H and O–H groups in total. The van der Waals surface area contributed by atoms with Crippen LogP contribution in [0.15, 0.2) is 0 Å². The number of amides is 1. The van der Waals surface area contributed by atoms with Crippen LogP contribution in [0.5, 0.6) is 0 Å². The molecule has 4 atom stereocenters. The summed E-state index contributed by atoms with van der Waals surface area (Å²) in [6, 6.07) is -0.700. The Morgan fingerprint density at radius 3 is 2.32 bits per heavy atom. The highest BCUT2D eigenvalue weighted by atomic mass is 16.8. The SMILES string of the molecule is CC(C)(C)OC(=O)N[C@H](CO)[C@H]1OC(C)(C)O[C@@H]1[C@H]1COC(C)(C)O1. The Morgan fingerprint density at radius 1 is 1.20 bits per heavy atom. The van der Waals surface area contributed by atoms with Crippen LogP contribution in [0.3, 0.4) is 0 Å². The van der Waals surface area contributed by atoms with Gasteiger partial charge in [0.2, 0.25) is 0 Å². The van der Waals surface area contributed by atoms with E-state index in [0.29, 0.717) is 6.61 Å². The molecule has 0 saturated carbocycles. The van der Waals surface area contributed by atoms with Gasteiger partial charge in [-0.1, -0.05) is 0 Å². The monoisotopic (exact) mass is 361 g/mol. The summed E-state index contributed by atoms with van der Waals surface area (Å²) in [5.41, 5.74) is -0.637. The highest BCUT2D eigenvalue weighted by Crippen LogP contribution is 2.36. The van der Waals surface area contributed by atoms with Crippen LogP contribution in [0.1, 0.15) is 48.5 Å². The smallest absolute Gasteiger partial charge is 0.408 e. The van der Waals surface area contributed by atoms with Crippen LogP contribution in [0.25, 0.3) is 0 Å². The largest absolute Gasteiger partial charge is 0.444 e. The Kier molecular flexibility index (Phi) is 5.71. The van der Waals surface area contributed by atoms with Gasteiger partial charge in [0.25, 0.3) is 0 Å². The van der Waals surface area contributed by atoms with E-state index in [4.69, 9.17) is 23.7 Å². The summed E-state index contributed by atoms with van der Waals surface area (Å²) in [5, 5.41) is 12.5. The lowest BCUT2D eigenvalue weighted by Crippen LogP contribution is -2.53. The van der Waals surface area contributed by atoms with Crippen LogP contribution < -0.4 is 5.32 Å². The molecule has 0 radical (unpaired) electrons. The molecule has 2 heterocycles. The fourth-order valence-electron chi connectivity index (χ4n) is 2.98. The topological polar surface area (TPSA) is 95.5 Å². The van der Waals surface area contributed by atoms with Crippen LogP contribution in [0.2, 0.25) is 0 Å². The number of ether oxygens (including phenoxy) is 5. The van der Waals surface area contributed by atoms with Gasteiger partial charge in [-0.3, -0.25) is 0 Å². The maximum absolute atomic E-state index is 12.1. The fraction of sp³-hybridized carbons (Fsp3) is 0.941. The highest BCUT2D eigenvalue weighted by molar-refractivity contribution is 5.68. The molecule has 8 heteroatoms. The van der Waals surface area contributed by atoms with E-state index in [1.807, 2.05) is 13.8 Å². The summed E-state index contributed by atoms with van der Waals surface area (Å²) in [7, 11) is 0. The van der Waals surface area contributed by atoms with Crippen LogP contribution in [-0.4, -0.2) is 65.9 Å². The zero-order chi connectivity index (χ0) is 19.0. The third kappa shape index (κ3) is 5.52. The lowest BCUT2D eigenvalue weighted by molar-refractivity contribution is -0.175. The number of carbonyl (C=O) groups excluding carboxylic acids is 1. The predicted molar refractivity (Wildman–Crippen MR) is 89.0 cm³/mol. The molecule has 8 nitrogen and oxygen atoms in total. The molecular weight excluding hydrogens is 330 g/mol. The first-order valence-electron chi connectivity index (χ1n) is 8.60. The summed E-state index contributed by atoms with van der Waals surface area (Å²) < 4.78 is 28.7. The second-order valence-corrected chi connectivity index (χ2v) is 8.37. The summed E-state index contributed by atoms with van der Waals surface area (Å²) >= 11 is 0. The van der Waals surface area contributed by atoms with Crippen molar-refractivity contribution in [2.75, 3.05) is 13.2 Å². The lowest BCUT2D eigenvalue weighted by Gasteiger charge is -2.29. The van der Waals surface area contributed by atoms with Crippen LogP contribution in [0.4, 0.5) is 4.79 Å². The summed E-state index contributed by atoms with van der Waals surface area (Å²) in [6.45, 7) is 12.5. The number of hydrogen-bond donors (Lipinski definition) is 2. The average molecular weight is 361 g/mol. The maximum atomic E-state index is 12.1. The molecule has 25 heavy (non-hydrogen) atoms. The molecule has 146 valence electrons. The van der Waals surface area contributed by atoms with E-state index in [2.05, 4.69) is 5.32 Å². The van der Waals surface area contributed by atoms with Gasteiger partial charge in [-0.2, -0.15) is 0 Å². The molecule has 1 amide bonds. The summed E-state index contributed by atoms with van der Waals surface area (Å²) in [6.07, 6.45) is -2.09. The molecule has 2 aliphatic heterocycles. The first kappa shape index (κ1) is 20.4. The summed E-state index contributed by atoms with van der Waals surface area (Å²) in [5.74, 6) is -1.58. The molecule has 2 fully saturated rings. The number of aliphatic hydroxyl groups excluding tert-OH is 1. The number of hydrogen-bond acceptors (Lipinski definition) is 7. The molecule has 0 aromatic heterocycles. The van der Waals surface area contributed by atoms with Gasteiger partial charge >= 0.3 is 6.09 Å².